The van der Waals surface area contributed by atoms with Gasteiger partial charge in [-0.25, -0.2) is 13.6 Å². The molecule has 4 rings (SSSR count). The third-order valence-electron chi connectivity index (χ3n) is 4.35. The number of amides is 1. The summed E-state index contributed by atoms with van der Waals surface area (Å²) in [5.41, 5.74) is 0.995. The molecule has 0 spiro atoms. The van der Waals surface area contributed by atoms with Crippen molar-refractivity contribution in [3.63, 3.8) is 0 Å². The second-order valence-corrected chi connectivity index (χ2v) is 9.98. The lowest BCUT2D eigenvalue weighted by molar-refractivity contribution is -0.117. The van der Waals surface area contributed by atoms with E-state index in [1.807, 2.05) is 0 Å². The first-order valence-corrected chi connectivity index (χ1v) is 11.7. The Balaban J connectivity index is 1.58. The highest BCUT2D eigenvalue weighted by atomic mass is 35.5. The Morgan fingerprint density at radius 2 is 2.03 bits per heavy atom. The van der Waals surface area contributed by atoms with Gasteiger partial charge in [-0.15, -0.1) is 0 Å². The van der Waals surface area contributed by atoms with Crippen LogP contribution < -0.4 is 0 Å². The molecular weight excluding hydrogens is 506 g/mol. The van der Waals surface area contributed by atoms with Gasteiger partial charge in [0.1, 0.15) is 11.5 Å². The SMILES string of the molecule is CS(=O)(=NC(=O)Cc1cn2ccc(-c3noc(C(F)(F)Cl)n3)cc2n1)c1ccc(F)cc1Cl. The van der Waals surface area contributed by atoms with Crippen molar-refractivity contribution in [3.05, 3.63) is 65.2 Å². The summed E-state index contributed by atoms with van der Waals surface area (Å²) < 4.78 is 62.1. The second-order valence-electron chi connectivity index (χ2n) is 6.87. The average molecular weight is 518 g/mol. The number of nitrogens with zero attached hydrogens (tertiary/aromatic N) is 5. The van der Waals surface area contributed by atoms with E-state index < -0.39 is 32.7 Å². The zero-order chi connectivity index (χ0) is 24.0. The molecule has 33 heavy (non-hydrogen) atoms. The van der Waals surface area contributed by atoms with E-state index in [1.165, 1.54) is 24.5 Å². The molecule has 0 aliphatic carbocycles. The predicted molar refractivity (Wildman–Crippen MR) is 113 cm³/mol. The quantitative estimate of drug-likeness (QED) is 0.355. The van der Waals surface area contributed by atoms with Crippen LogP contribution in [0.2, 0.25) is 5.02 Å². The summed E-state index contributed by atoms with van der Waals surface area (Å²) in [6.07, 6.45) is 4.05. The number of hydrogen-bond donors (Lipinski definition) is 0. The zero-order valence-corrected chi connectivity index (χ0v) is 18.8. The number of aromatic nitrogens is 4. The van der Waals surface area contributed by atoms with E-state index in [1.54, 1.807) is 16.8 Å². The third kappa shape index (κ3) is 5.02. The van der Waals surface area contributed by atoms with Crippen molar-refractivity contribution in [1.29, 1.82) is 0 Å². The number of carbonyl (C=O) groups is 1. The van der Waals surface area contributed by atoms with Gasteiger partial charge in [0, 0.05) is 24.2 Å². The van der Waals surface area contributed by atoms with Gasteiger partial charge in [0.15, 0.2) is 0 Å². The molecule has 0 radical (unpaired) electrons. The largest absolute Gasteiger partial charge is 0.400 e. The summed E-state index contributed by atoms with van der Waals surface area (Å²) in [6, 6.07) is 6.30. The monoisotopic (exact) mass is 517 g/mol. The molecule has 0 saturated heterocycles. The number of hydrogen-bond acceptors (Lipinski definition) is 6. The smallest absolute Gasteiger partial charge is 0.331 e. The molecule has 14 heteroatoms. The first-order valence-electron chi connectivity index (χ1n) is 9.01. The van der Waals surface area contributed by atoms with Crippen molar-refractivity contribution in [3.8, 4) is 11.4 Å². The number of carbonyl (C=O) groups excluding carboxylic acids is 1. The molecular formula is C19H12Cl2F3N5O3S. The molecule has 0 aliphatic rings. The van der Waals surface area contributed by atoms with Crippen molar-refractivity contribution < 1.29 is 26.7 Å². The van der Waals surface area contributed by atoms with E-state index in [4.69, 9.17) is 23.2 Å². The van der Waals surface area contributed by atoms with Gasteiger partial charge in [0.05, 0.1) is 31.8 Å². The molecule has 0 bridgehead atoms. The van der Waals surface area contributed by atoms with Gasteiger partial charge in [0.2, 0.25) is 5.82 Å². The fraction of sp³-hybridized carbons (Fsp3) is 0.158. The van der Waals surface area contributed by atoms with Crippen LogP contribution in [0.4, 0.5) is 13.2 Å². The first-order chi connectivity index (χ1) is 15.4. The molecule has 0 N–H and O–H groups in total. The van der Waals surface area contributed by atoms with Gasteiger partial charge in [-0.3, -0.25) is 4.79 Å². The lowest BCUT2D eigenvalue weighted by atomic mass is 10.2. The van der Waals surface area contributed by atoms with Gasteiger partial charge >= 0.3 is 11.3 Å². The topological polar surface area (TPSA) is 103 Å². The van der Waals surface area contributed by atoms with Crippen LogP contribution in [0.3, 0.4) is 0 Å². The number of alkyl halides is 3. The molecule has 3 aromatic heterocycles. The van der Waals surface area contributed by atoms with Crippen molar-refractivity contribution in [2.75, 3.05) is 6.26 Å². The van der Waals surface area contributed by atoms with Crippen molar-refractivity contribution in [2.24, 2.45) is 4.36 Å². The van der Waals surface area contributed by atoms with Crippen molar-refractivity contribution in [1.82, 2.24) is 19.5 Å². The number of benzene rings is 1. The van der Waals surface area contributed by atoms with Crippen LogP contribution in [0.15, 0.2) is 56.5 Å². The number of fused-ring (bicyclic) bond motifs is 1. The Hall–Kier alpha value is -2.96. The molecule has 0 saturated carbocycles. The Morgan fingerprint density at radius 3 is 2.70 bits per heavy atom. The molecule has 1 aromatic carbocycles. The standard InChI is InChI=1S/C19H12Cl2F3N5O3S/c1-33(31,14-3-2-11(22)7-13(14)20)28-16(30)8-12-9-29-5-4-10(6-15(29)25-12)17-26-18(32-27-17)19(21,23)24/h2-7,9H,8H2,1H3. The van der Waals surface area contributed by atoms with Gasteiger partial charge in [-0.2, -0.15) is 18.1 Å². The second kappa shape index (κ2) is 8.43. The van der Waals surface area contributed by atoms with Crippen LogP contribution in [-0.4, -0.2) is 35.9 Å². The Labute approximate surface area is 194 Å². The Bertz CT molecular complexity index is 1510. The molecule has 1 atom stereocenters. The Kier molecular flexibility index (Phi) is 5.93. The van der Waals surface area contributed by atoms with E-state index >= 15 is 0 Å². The minimum absolute atomic E-state index is 0.0422. The predicted octanol–water partition coefficient (Wildman–Crippen LogP) is 4.69. The summed E-state index contributed by atoms with van der Waals surface area (Å²) in [5, 5.41) is -0.423. The molecule has 3 heterocycles. The highest BCUT2D eigenvalue weighted by molar-refractivity contribution is 7.93. The van der Waals surface area contributed by atoms with Crippen molar-refractivity contribution >= 4 is 44.5 Å². The minimum atomic E-state index is -3.80. The molecule has 0 aliphatic heterocycles. The molecule has 0 fully saturated rings. The van der Waals surface area contributed by atoms with E-state index in [0.717, 1.165) is 12.1 Å². The highest BCUT2D eigenvalue weighted by Gasteiger charge is 2.35. The lowest BCUT2D eigenvalue weighted by Crippen LogP contribution is -2.06. The van der Waals surface area contributed by atoms with Crippen molar-refractivity contribution in [2.45, 2.75) is 16.7 Å². The number of imidazole rings is 1. The summed E-state index contributed by atoms with van der Waals surface area (Å²) in [5.74, 6) is -2.49. The maximum atomic E-state index is 13.2. The first kappa shape index (κ1) is 23.2. The number of rotatable bonds is 5. The molecule has 8 nitrogen and oxygen atoms in total. The van der Waals surface area contributed by atoms with Crippen LogP contribution in [0.25, 0.3) is 17.0 Å². The van der Waals surface area contributed by atoms with Crippen LogP contribution in [0.5, 0.6) is 0 Å². The summed E-state index contributed by atoms with van der Waals surface area (Å²) in [6.45, 7) is 0. The van der Waals surface area contributed by atoms with Crippen LogP contribution in [0.1, 0.15) is 11.6 Å². The molecule has 1 amide bonds. The van der Waals surface area contributed by atoms with Gasteiger partial charge in [0.25, 0.3) is 5.91 Å². The zero-order valence-electron chi connectivity index (χ0n) is 16.5. The maximum absolute atomic E-state index is 13.2. The van der Waals surface area contributed by atoms with E-state index in [9.17, 15) is 22.2 Å². The minimum Gasteiger partial charge on any atom is -0.331 e. The van der Waals surface area contributed by atoms with Gasteiger partial charge in [-0.1, -0.05) is 16.8 Å². The normalized spacial score (nSPS) is 13.8. The van der Waals surface area contributed by atoms with Crippen LogP contribution >= 0.6 is 23.2 Å². The summed E-state index contributed by atoms with van der Waals surface area (Å²) in [7, 11) is -3.22. The van der Waals surface area contributed by atoms with Gasteiger partial charge < -0.3 is 8.92 Å². The van der Waals surface area contributed by atoms with Gasteiger partial charge in [-0.05, 0) is 41.9 Å². The highest BCUT2D eigenvalue weighted by Crippen LogP contribution is 2.32. The summed E-state index contributed by atoms with van der Waals surface area (Å²) in [4.78, 5) is 20.3. The van der Waals surface area contributed by atoms with E-state index in [0.29, 0.717) is 16.9 Å². The molecule has 1 unspecified atom stereocenters. The Morgan fingerprint density at radius 1 is 1.27 bits per heavy atom. The van der Waals surface area contributed by atoms with E-state index in [-0.39, 0.29) is 22.2 Å². The van der Waals surface area contributed by atoms with Crippen LogP contribution in [-0.2, 0) is 26.3 Å². The number of pyridine rings is 1. The lowest BCUT2D eigenvalue weighted by Gasteiger charge is -2.06. The van der Waals surface area contributed by atoms with E-state index in [2.05, 4.69) is 24.0 Å². The maximum Gasteiger partial charge on any atom is 0.400 e. The fourth-order valence-corrected chi connectivity index (χ4v) is 4.89. The average Bonchev–Trinajstić information content (AvgIpc) is 3.33. The number of halogens is 5. The molecule has 4 aromatic rings. The third-order valence-corrected chi connectivity index (χ3v) is 6.66. The summed E-state index contributed by atoms with van der Waals surface area (Å²) >= 11 is 10.8. The molecule has 172 valence electrons. The fourth-order valence-electron chi connectivity index (χ4n) is 2.93. The van der Waals surface area contributed by atoms with Crippen LogP contribution in [0, 0.1) is 5.82 Å².